The van der Waals surface area contributed by atoms with Gasteiger partial charge >= 0.3 is 0 Å². The summed E-state index contributed by atoms with van der Waals surface area (Å²) in [5.41, 5.74) is 2.63. The maximum absolute atomic E-state index is 14.8. The molecule has 6 rings (SSSR count). The molecule has 1 amide bonds. The molecule has 2 aliphatic rings. The van der Waals surface area contributed by atoms with Gasteiger partial charge in [0, 0.05) is 43.1 Å². The minimum absolute atomic E-state index is 0.0512. The number of anilines is 1. The molecule has 2 fully saturated rings. The van der Waals surface area contributed by atoms with Gasteiger partial charge in [-0.15, -0.1) is 0 Å². The SMILES string of the molecule is CNc1cc(-c2cn([C@H]3CCOC[C@@H]3F)c3ncccc23)nc2c(C(=O)NC3COCC3O)cnn12. The van der Waals surface area contributed by atoms with Crippen molar-refractivity contribution in [1.82, 2.24) is 29.5 Å². The molecule has 0 saturated carbocycles. The van der Waals surface area contributed by atoms with Crippen LogP contribution < -0.4 is 10.6 Å². The molecule has 2 unspecified atom stereocenters. The van der Waals surface area contributed by atoms with E-state index in [4.69, 9.17) is 14.5 Å². The van der Waals surface area contributed by atoms with Crippen LogP contribution in [-0.2, 0) is 9.47 Å². The van der Waals surface area contributed by atoms with E-state index in [1.165, 1.54) is 6.20 Å². The molecule has 0 aliphatic carbocycles. The fourth-order valence-corrected chi connectivity index (χ4v) is 4.91. The van der Waals surface area contributed by atoms with Crippen LogP contribution >= 0.6 is 0 Å². The number of alkyl halides is 1. The molecule has 11 nitrogen and oxygen atoms in total. The number of aliphatic hydroxyl groups is 1. The molecule has 4 aromatic heterocycles. The highest BCUT2D eigenvalue weighted by Crippen LogP contribution is 2.35. The zero-order chi connectivity index (χ0) is 24.8. The lowest BCUT2D eigenvalue weighted by atomic mass is 10.1. The lowest BCUT2D eigenvalue weighted by Gasteiger charge is -2.27. The average Bonchev–Trinajstić information content (AvgIpc) is 3.61. The van der Waals surface area contributed by atoms with Crippen molar-refractivity contribution in [3.05, 3.63) is 42.4 Å². The van der Waals surface area contributed by atoms with Gasteiger partial charge in [0.05, 0.1) is 49.9 Å². The third-order valence-corrected chi connectivity index (χ3v) is 6.81. The number of amides is 1. The number of pyridine rings is 1. The molecule has 0 radical (unpaired) electrons. The van der Waals surface area contributed by atoms with E-state index in [0.717, 1.165) is 10.9 Å². The molecule has 2 aliphatic heterocycles. The van der Waals surface area contributed by atoms with Crippen LogP contribution in [0.1, 0.15) is 22.8 Å². The molecule has 0 spiro atoms. The summed E-state index contributed by atoms with van der Waals surface area (Å²) in [6, 6.07) is 4.69. The number of carbonyl (C=O) groups excluding carboxylic acids is 1. The Morgan fingerprint density at radius 1 is 1.25 bits per heavy atom. The van der Waals surface area contributed by atoms with Crippen LogP contribution in [0.25, 0.3) is 27.9 Å². The number of hydrogen-bond donors (Lipinski definition) is 3. The Bertz CT molecular complexity index is 1440. The molecular weight excluding hydrogens is 469 g/mol. The number of halogens is 1. The predicted octanol–water partition coefficient (Wildman–Crippen LogP) is 1.58. The van der Waals surface area contributed by atoms with Gasteiger partial charge in [0.15, 0.2) is 5.65 Å². The van der Waals surface area contributed by atoms with E-state index in [-0.39, 0.29) is 25.4 Å². The predicted molar refractivity (Wildman–Crippen MR) is 129 cm³/mol. The molecule has 12 heteroatoms. The second-order valence-electron chi connectivity index (χ2n) is 9.03. The Labute approximate surface area is 205 Å². The maximum atomic E-state index is 14.8. The lowest BCUT2D eigenvalue weighted by molar-refractivity contribution is 0.00443. The van der Waals surface area contributed by atoms with E-state index >= 15 is 0 Å². The molecule has 3 N–H and O–H groups in total. The van der Waals surface area contributed by atoms with Crippen molar-refractivity contribution in [2.75, 3.05) is 38.8 Å². The summed E-state index contributed by atoms with van der Waals surface area (Å²) in [6.07, 6.45) is 3.64. The summed E-state index contributed by atoms with van der Waals surface area (Å²) >= 11 is 0. The highest BCUT2D eigenvalue weighted by molar-refractivity contribution is 6.01. The highest BCUT2D eigenvalue weighted by Gasteiger charge is 2.31. The first kappa shape index (κ1) is 22.8. The Hall–Kier alpha value is -3.61. The molecule has 6 heterocycles. The van der Waals surface area contributed by atoms with Crippen molar-refractivity contribution in [1.29, 1.82) is 0 Å². The van der Waals surface area contributed by atoms with Gasteiger partial charge in [0.25, 0.3) is 5.91 Å². The maximum Gasteiger partial charge on any atom is 0.257 e. The lowest BCUT2D eigenvalue weighted by Crippen LogP contribution is -2.42. The van der Waals surface area contributed by atoms with Crippen molar-refractivity contribution in [3.8, 4) is 11.3 Å². The first-order valence-electron chi connectivity index (χ1n) is 11.9. The third kappa shape index (κ3) is 3.77. The Kier molecular flexibility index (Phi) is 5.78. The number of fused-ring (bicyclic) bond motifs is 2. The standard InChI is InChI=1S/C24H26FN7O4/c1-26-21-7-17(29-23-14(8-28-32(21)23)24(34)30-18-11-36-12-20(18)33)15-9-31(19-4-6-35-10-16(19)25)22-13(15)3-2-5-27-22/h2-3,5,7-9,16,18-20,26,33H,4,6,10-12H2,1H3,(H,30,34)/t16-,18?,19-,20?/m0/s1. The molecular formula is C24H26FN7O4. The summed E-state index contributed by atoms with van der Waals surface area (Å²) < 4.78 is 28.8. The van der Waals surface area contributed by atoms with E-state index in [1.807, 2.05) is 29.0 Å². The molecule has 2 saturated heterocycles. The van der Waals surface area contributed by atoms with Crippen molar-refractivity contribution >= 4 is 28.4 Å². The van der Waals surface area contributed by atoms with E-state index in [1.54, 1.807) is 17.8 Å². The summed E-state index contributed by atoms with van der Waals surface area (Å²) in [7, 11) is 1.76. The monoisotopic (exact) mass is 495 g/mol. The van der Waals surface area contributed by atoms with Crippen molar-refractivity contribution in [2.45, 2.75) is 30.8 Å². The second-order valence-corrected chi connectivity index (χ2v) is 9.03. The smallest absolute Gasteiger partial charge is 0.257 e. The first-order valence-corrected chi connectivity index (χ1v) is 11.9. The zero-order valence-electron chi connectivity index (χ0n) is 19.6. The third-order valence-electron chi connectivity index (χ3n) is 6.81. The number of hydrogen-bond acceptors (Lipinski definition) is 8. The van der Waals surface area contributed by atoms with Crippen LogP contribution in [0, 0.1) is 0 Å². The van der Waals surface area contributed by atoms with Crippen molar-refractivity contribution in [3.63, 3.8) is 0 Å². The van der Waals surface area contributed by atoms with Crippen LogP contribution in [0.5, 0.6) is 0 Å². The molecule has 4 aromatic rings. The minimum Gasteiger partial charge on any atom is -0.388 e. The molecule has 4 atom stereocenters. The van der Waals surface area contributed by atoms with Crippen LogP contribution in [0.15, 0.2) is 36.8 Å². The molecule has 0 aromatic carbocycles. The van der Waals surface area contributed by atoms with Crippen molar-refractivity contribution in [2.24, 2.45) is 0 Å². The van der Waals surface area contributed by atoms with Crippen LogP contribution in [-0.4, -0.2) is 87.0 Å². The molecule has 188 valence electrons. The summed E-state index contributed by atoms with van der Waals surface area (Å²) in [5.74, 6) is 0.218. The normalized spacial score (nSPS) is 24.4. The summed E-state index contributed by atoms with van der Waals surface area (Å²) in [5, 5.41) is 21.1. The van der Waals surface area contributed by atoms with E-state index < -0.39 is 30.3 Å². The molecule has 36 heavy (non-hydrogen) atoms. The van der Waals surface area contributed by atoms with Crippen molar-refractivity contribution < 1.29 is 23.8 Å². The van der Waals surface area contributed by atoms with Crippen LogP contribution in [0.3, 0.4) is 0 Å². The van der Waals surface area contributed by atoms with E-state index in [2.05, 4.69) is 20.7 Å². The number of aromatic nitrogens is 5. The Morgan fingerprint density at radius 3 is 2.92 bits per heavy atom. The number of nitrogens with one attached hydrogen (secondary N) is 2. The van der Waals surface area contributed by atoms with Crippen LogP contribution in [0.4, 0.5) is 10.2 Å². The van der Waals surface area contributed by atoms with Gasteiger partial charge < -0.3 is 29.8 Å². The highest BCUT2D eigenvalue weighted by atomic mass is 19.1. The first-order chi connectivity index (χ1) is 17.5. The fraction of sp³-hybridized carbons (Fsp3) is 0.417. The average molecular weight is 496 g/mol. The number of rotatable bonds is 5. The van der Waals surface area contributed by atoms with Gasteiger partial charge in [-0.2, -0.15) is 9.61 Å². The van der Waals surface area contributed by atoms with Crippen LogP contribution in [0.2, 0.25) is 0 Å². The number of ether oxygens (including phenoxy) is 2. The Balaban J connectivity index is 1.46. The summed E-state index contributed by atoms with van der Waals surface area (Å²) in [6.45, 7) is 0.948. The zero-order valence-corrected chi connectivity index (χ0v) is 19.6. The molecule has 0 bridgehead atoms. The topological polar surface area (TPSA) is 128 Å². The second kappa shape index (κ2) is 9.12. The fourth-order valence-electron chi connectivity index (χ4n) is 4.91. The number of nitrogens with zero attached hydrogens (tertiary/aromatic N) is 5. The van der Waals surface area contributed by atoms with Gasteiger partial charge in [0.1, 0.15) is 23.2 Å². The quantitative estimate of drug-likeness (QED) is 0.381. The minimum atomic E-state index is -1.15. The largest absolute Gasteiger partial charge is 0.388 e. The van der Waals surface area contributed by atoms with Gasteiger partial charge in [-0.3, -0.25) is 4.79 Å². The number of aliphatic hydroxyl groups excluding tert-OH is 1. The van der Waals surface area contributed by atoms with Gasteiger partial charge in [0.2, 0.25) is 0 Å². The van der Waals surface area contributed by atoms with E-state index in [9.17, 15) is 14.3 Å². The Morgan fingerprint density at radius 2 is 2.14 bits per heavy atom. The van der Waals surface area contributed by atoms with Gasteiger partial charge in [-0.25, -0.2) is 14.4 Å². The summed E-state index contributed by atoms with van der Waals surface area (Å²) in [4.78, 5) is 22.4. The van der Waals surface area contributed by atoms with Gasteiger partial charge in [-0.05, 0) is 18.6 Å². The van der Waals surface area contributed by atoms with E-state index in [0.29, 0.717) is 35.8 Å². The number of carbonyl (C=O) groups is 1. The van der Waals surface area contributed by atoms with Gasteiger partial charge in [-0.1, -0.05) is 0 Å².